The summed E-state index contributed by atoms with van der Waals surface area (Å²) in [5.74, 6) is 0.911. The largest absolute Gasteiger partial charge is 0.315 e. The Morgan fingerprint density at radius 1 is 1.50 bits per heavy atom. The van der Waals surface area contributed by atoms with Crippen molar-refractivity contribution in [1.82, 2.24) is 10.2 Å². The van der Waals surface area contributed by atoms with Gasteiger partial charge in [0.2, 0.25) is 0 Å². The number of nitrogens with one attached hydrogen (secondary N) is 1. The molecule has 2 atom stereocenters. The van der Waals surface area contributed by atoms with E-state index in [1.54, 1.807) is 0 Å². The summed E-state index contributed by atoms with van der Waals surface area (Å²) in [4.78, 5) is 2.64. The molecule has 0 aliphatic carbocycles. The van der Waals surface area contributed by atoms with Gasteiger partial charge in [-0.05, 0) is 38.3 Å². The molecule has 2 heteroatoms. The van der Waals surface area contributed by atoms with E-state index in [1.807, 2.05) is 0 Å². The van der Waals surface area contributed by atoms with Crippen LogP contribution in [0.4, 0.5) is 0 Å². The number of rotatable bonds is 3. The molecule has 2 nitrogen and oxygen atoms in total. The standard InChI is InChI=1S/C12H22N2/c1-3-10(2)9-14-6-4-5-11-7-13-8-12(11)14/h11-13H,2-9H2,1H3. The molecular weight excluding hydrogens is 172 g/mol. The van der Waals surface area contributed by atoms with Crippen LogP contribution in [0, 0.1) is 5.92 Å². The molecule has 0 aromatic heterocycles. The number of piperidine rings is 1. The first kappa shape index (κ1) is 10.2. The summed E-state index contributed by atoms with van der Waals surface area (Å²) in [5, 5.41) is 3.51. The van der Waals surface area contributed by atoms with Crippen molar-refractivity contribution in [3.63, 3.8) is 0 Å². The summed E-state index contributed by atoms with van der Waals surface area (Å²) >= 11 is 0. The Hall–Kier alpha value is -0.340. The van der Waals surface area contributed by atoms with Gasteiger partial charge in [0.1, 0.15) is 0 Å². The molecule has 0 aromatic rings. The van der Waals surface area contributed by atoms with Crippen LogP contribution in [-0.4, -0.2) is 37.1 Å². The van der Waals surface area contributed by atoms with Gasteiger partial charge in [0.25, 0.3) is 0 Å². The lowest BCUT2D eigenvalue weighted by molar-refractivity contribution is 0.136. The van der Waals surface area contributed by atoms with Gasteiger partial charge in [0.15, 0.2) is 0 Å². The summed E-state index contributed by atoms with van der Waals surface area (Å²) in [6, 6.07) is 0.798. The maximum Gasteiger partial charge on any atom is 0.0264 e. The van der Waals surface area contributed by atoms with Crippen LogP contribution in [0.1, 0.15) is 26.2 Å². The first-order valence-corrected chi connectivity index (χ1v) is 5.92. The molecule has 14 heavy (non-hydrogen) atoms. The SMILES string of the molecule is C=C(CC)CN1CCCC2CNCC21. The van der Waals surface area contributed by atoms with Crippen LogP contribution in [0.3, 0.4) is 0 Å². The van der Waals surface area contributed by atoms with E-state index >= 15 is 0 Å². The van der Waals surface area contributed by atoms with Gasteiger partial charge in [-0.1, -0.05) is 19.1 Å². The maximum atomic E-state index is 4.12. The molecule has 2 unspecified atom stereocenters. The topological polar surface area (TPSA) is 15.3 Å². The predicted octanol–water partition coefficient (Wildman–Crippen LogP) is 1.64. The van der Waals surface area contributed by atoms with E-state index in [0.717, 1.165) is 24.9 Å². The van der Waals surface area contributed by atoms with Crippen molar-refractivity contribution in [2.45, 2.75) is 32.2 Å². The Labute approximate surface area is 87.4 Å². The summed E-state index contributed by atoms with van der Waals surface area (Å²) in [7, 11) is 0. The highest BCUT2D eigenvalue weighted by Gasteiger charge is 2.34. The molecule has 2 aliphatic rings. The molecule has 0 saturated carbocycles. The average molecular weight is 194 g/mol. The second-order valence-electron chi connectivity index (χ2n) is 4.70. The van der Waals surface area contributed by atoms with Crippen LogP contribution < -0.4 is 5.32 Å². The van der Waals surface area contributed by atoms with Crippen LogP contribution in [0.5, 0.6) is 0 Å². The Morgan fingerprint density at radius 3 is 3.14 bits per heavy atom. The summed E-state index contributed by atoms with van der Waals surface area (Å²) in [6.07, 6.45) is 3.92. The van der Waals surface area contributed by atoms with Crippen molar-refractivity contribution >= 4 is 0 Å². The van der Waals surface area contributed by atoms with E-state index in [4.69, 9.17) is 0 Å². The van der Waals surface area contributed by atoms with E-state index < -0.39 is 0 Å². The third-order valence-electron chi connectivity index (χ3n) is 3.72. The van der Waals surface area contributed by atoms with Crippen LogP contribution >= 0.6 is 0 Å². The molecule has 80 valence electrons. The monoisotopic (exact) mass is 194 g/mol. The van der Waals surface area contributed by atoms with E-state index in [0.29, 0.717) is 0 Å². The van der Waals surface area contributed by atoms with Gasteiger partial charge >= 0.3 is 0 Å². The van der Waals surface area contributed by atoms with Crippen LogP contribution in [0.25, 0.3) is 0 Å². The first-order valence-electron chi connectivity index (χ1n) is 5.92. The Kier molecular flexibility index (Phi) is 3.24. The Balaban J connectivity index is 1.93. The smallest absolute Gasteiger partial charge is 0.0264 e. The first-order chi connectivity index (χ1) is 6.81. The number of fused-ring (bicyclic) bond motifs is 1. The van der Waals surface area contributed by atoms with Gasteiger partial charge < -0.3 is 5.32 Å². The zero-order valence-electron chi connectivity index (χ0n) is 9.26. The van der Waals surface area contributed by atoms with Crippen LogP contribution in [0.2, 0.25) is 0 Å². The molecule has 2 saturated heterocycles. The highest BCUT2D eigenvalue weighted by molar-refractivity contribution is 5.01. The van der Waals surface area contributed by atoms with Crippen molar-refractivity contribution in [2.75, 3.05) is 26.2 Å². The Bertz CT molecular complexity index is 212. The molecule has 2 heterocycles. The second kappa shape index (κ2) is 4.45. The normalized spacial score (nSPS) is 32.9. The number of hydrogen-bond donors (Lipinski definition) is 1. The molecule has 2 fully saturated rings. The highest BCUT2D eigenvalue weighted by atomic mass is 15.2. The maximum absolute atomic E-state index is 4.12. The summed E-state index contributed by atoms with van der Waals surface area (Å²) in [6.45, 7) is 11.2. The minimum Gasteiger partial charge on any atom is -0.315 e. The zero-order chi connectivity index (χ0) is 9.97. The third kappa shape index (κ3) is 2.01. The average Bonchev–Trinajstić information content (AvgIpc) is 2.66. The Morgan fingerprint density at radius 2 is 2.36 bits per heavy atom. The van der Waals surface area contributed by atoms with E-state index in [2.05, 4.69) is 23.7 Å². The lowest BCUT2D eigenvalue weighted by atomic mass is 9.91. The van der Waals surface area contributed by atoms with Gasteiger partial charge in [-0.25, -0.2) is 0 Å². The number of nitrogens with zero attached hydrogens (tertiary/aromatic N) is 1. The quantitative estimate of drug-likeness (QED) is 0.687. The summed E-state index contributed by atoms with van der Waals surface area (Å²) in [5.41, 5.74) is 1.39. The number of hydrogen-bond acceptors (Lipinski definition) is 2. The molecule has 0 spiro atoms. The minimum absolute atomic E-state index is 0.798. The van der Waals surface area contributed by atoms with Crippen LogP contribution in [0.15, 0.2) is 12.2 Å². The molecule has 0 amide bonds. The fourth-order valence-electron chi connectivity index (χ4n) is 2.76. The molecule has 0 bridgehead atoms. The van der Waals surface area contributed by atoms with Gasteiger partial charge in [-0.3, -0.25) is 4.90 Å². The van der Waals surface area contributed by atoms with Crippen molar-refractivity contribution < 1.29 is 0 Å². The van der Waals surface area contributed by atoms with Crippen molar-refractivity contribution in [3.05, 3.63) is 12.2 Å². The van der Waals surface area contributed by atoms with Gasteiger partial charge in [0.05, 0.1) is 0 Å². The van der Waals surface area contributed by atoms with Crippen molar-refractivity contribution in [3.8, 4) is 0 Å². The molecule has 2 rings (SSSR count). The fourth-order valence-corrected chi connectivity index (χ4v) is 2.76. The van der Waals surface area contributed by atoms with E-state index in [1.165, 1.54) is 38.0 Å². The van der Waals surface area contributed by atoms with Gasteiger partial charge in [0, 0.05) is 19.1 Å². The highest BCUT2D eigenvalue weighted by Crippen LogP contribution is 2.26. The van der Waals surface area contributed by atoms with Crippen molar-refractivity contribution in [2.24, 2.45) is 5.92 Å². The second-order valence-corrected chi connectivity index (χ2v) is 4.70. The van der Waals surface area contributed by atoms with E-state index in [-0.39, 0.29) is 0 Å². The molecule has 1 N–H and O–H groups in total. The predicted molar refractivity (Wildman–Crippen MR) is 60.4 cm³/mol. The van der Waals surface area contributed by atoms with Crippen LogP contribution in [-0.2, 0) is 0 Å². The van der Waals surface area contributed by atoms with E-state index in [9.17, 15) is 0 Å². The molecule has 0 aromatic carbocycles. The van der Waals surface area contributed by atoms with Gasteiger partial charge in [-0.15, -0.1) is 0 Å². The van der Waals surface area contributed by atoms with Gasteiger partial charge in [-0.2, -0.15) is 0 Å². The number of likely N-dealkylation sites (tertiary alicyclic amines) is 1. The zero-order valence-corrected chi connectivity index (χ0v) is 9.26. The minimum atomic E-state index is 0.798. The fraction of sp³-hybridized carbons (Fsp3) is 0.833. The molecular formula is C12H22N2. The lowest BCUT2D eigenvalue weighted by Gasteiger charge is -2.37. The molecule has 0 radical (unpaired) electrons. The third-order valence-corrected chi connectivity index (χ3v) is 3.72. The molecule has 2 aliphatic heterocycles. The lowest BCUT2D eigenvalue weighted by Crippen LogP contribution is -2.45. The van der Waals surface area contributed by atoms with Crippen molar-refractivity contribution in [1.29, 1.82) is 0 Å². The summed E-state index contributed by atoms with van der Waals surface area (Å²) < 4.78 is 0.